The van der Waals surface area contributed by atoms with Gasteiger partial charge in [-0.1, -0.05) is 0 Å². The Kier molecular flexibility index (Phi) is 3.35. The molecule has 82 valence electrons. The summed E-state index contributed by atoms with van der Waals surface area (Å²) in [7, 11) is 0. The Hall–Kier alpha value is -1.21. The molecule has 0 aliphatic carbocycles. The first-order valence-corrected chi connectivity index (χ1v) is 5.78. The number of amides is 1. The number of nitrogens with one attached hydrogen (secondary N) is 1. The van der Waals surface area contributed by atoms with Crippen LogP contribution in [0.25, 0.3) is 0 Å². The Morgan fingerprint density at radius 1 is 1.25 bits per heavy atom. The number of anilines is 1. The van der Waals surface area contributed by atoms with Crippen molar-refractivity contribution in [2.24, 2.45) is 0 Å². The van der Waals surface area contributed by atoms with Crippen molar-refractivity contribution >= 4 is 43.7 Å². The average molecular weight is 347 g/mol. The van der Waals surface area contributed by atoms with Crippen molar-refractivity contribution in [2.75, 3.05) is 5.32 Å². The minimum absolute atomic E-state index is 0.193. The van der Waals surface area contributed by atoms with Crippen LogP contribution in [0.5, 0.6) is 0 Å². The molecule has 2 rings (SSSR count). The number of hydrogen-bond donors (Lipinski definition) is 1. The van der Waals surface area contributed by atoms with Gasteiger partial charge in [0.05, 0.1) is 4.47 Å². The first-order chi connectivity index (χ1) is 7.65. The second-order valence-electron chi connectivity index (χ2n) is 2.78. The van der Waals surface area contributed by atoms with E-state index in [-0.39, 0.29) is 11.7 Å². The molecular weight excluding hydrogens is 342 g/mol. The van der Waals surface area contributed by atoms with Gasteiger partial charge in [0.15, 0.2) is 10.4 Å². The number of halogens is 2. The smallest absolute Gasteiger partial charge is 0.293 e. The Labute approximate surface area is 108 Å². The lowest BCUT2D eigenvalue weighted by atomic mass is 10.4. The Morgan fingerprint density at radius 2 is 1.94 bits per heavy atom. The highest BCUT2D eigenvalue weighted by molar-refractivity contribution is 9.10. The molecule has 7 heteroatoms. The van der Waals surface area contributed by atoms with E-state index in [4.69, 9.17) is 4.42 Å². The maximum Gasteiger partial charge on any atom is 0.293 e. The first-order valence-electron chi connectivity index (χ1n) is 4.19. The highest BCUT2D eigenvalue weighted by Crippen LogP contribution is 2.15. The molecule has 5 nitrogen and oxygen atoms in total. The zero-order valence-corrected chi connectivity index (χ0v) is 10.9. The zero-order chi connectivity index (χ0) is 11.5. The largest absolute Gasteiger partial charge is 0.444 e. The fourth-order valence-corrected chi connectivity index (χ4v) is 1.49. The molecule has 0 aromatic carbocycles. The molecule has 2 heterocycles. The van der Waals surface area contributed by atoms with Crippen molar-refractivity contribution in [1.82, 2.24) is 9.97 Å². The molecule has 0 spiro atoms. The van der Waals surface area contributed by atoms with Crippen molar-refractivity contribution in [3.8, 4) is 0 Å². The summed E-state index contributed by atoms with van der Waals surface area (Å²) in [6.45, 7) is 0. The number of aromatic nitrogens is 2. The quantitative estimate of drug-likeness (QED) is 0.907. The molecule has 0 unspecified atom stereocenters. The van der Waals surface area contributed by atoms with Gasteiger partial charge in [-0.25, -0.2) is 9.97 Å². The van der Waals surface area contributed by atoms with Gasteiger partial charge in [-0.2, -0.15) is 0 Å². The molecule has 1 amide bonds. The second-order valence-corrected chi connectivity index (χ2v) is 4.48. The van der Waals surface area contributed by atoms with E-state index in [0.717, 1.165) is 4.47 Å². The second kappa shape index (κ2) is 4.75. The fraction of sp³-hybridized carbons (Fsp3) is 0. The molecule has 2 aromatic heterocycles. The third-order valence-corrected chi connectivity index (χ3v) is 2.48. The van der Waals surface area contributed by atoms with E-state index in [2.05, 4.69) is 47.1 Å². The van der Waals surface area contributed by atoms with Crippen molar-refractivity contribution in [3.63, 3.8) is 0 Å². The number of rotatable bonds is 2. The number of nitrogens with zero attached hydrogens (tertiary/aromatic N) is 2. The van der Waals surface area contributed by atoms with E-state index in [1.54, 1.807) is 24.5 Å². The Balaban J connectivity index is 2.10. The molecule has 1 N–H and O–H groups in total. The topological polar surface area (TPSA) is 68.0 Å². The normalized spacial score (nSPS) is 10.1. The van der Waals surface area contributed by atoms with Crippen LogP contribution in [0.4, 0.5) is 5.95 Å². The SMILES string of the molecule is O=C(Nc1ncc(Br)cn1)c1ccc(Br)o1. The predicted molar refractivity (Wildman–Crippen MR) is 64.1 cm³/mol. The third-order valence-electron chi connectivity index (χ3n) is 1.64. The lowest BCUT2D eigenvalue weighted by Crippen LogP contribution is -2.13. The van der Waals surface area contributed by atoms with Gasteiger partial charge in [0.25, 0.3) is 5.91 Å². The van der Waals surface area contributed by atoms with Gasteiger partial charge in [-0.15, -0.1) is 0 Å². The number of hydrogen-bond acceptors (Lipinski definition) is 4. The molecule has 0 fully saturated rings. The molecule has 16 heavy (non-hydrogen) atoms. The molecule has 0 aliphatic heterocycles. The molecule has 0 radical (unpaired) electrons. The highest BCUT2D eigenvalue weighted by Gasteiger charge is 2.11. The van der Waals surface area contributed by atoms with E-state index in [9.17, 15) is 4.79 Å². The monoisotopic (exact) mass is 345 g/mol. The van der Waals surface area contributed by atoms with Crippen LogP contribution in [0.2, 0.25) is 0 Å². The van der Waals surface area contributed by atoms with Crippen LogP contribution >= 0.6 is 31.9 Å². The predicted octanol–water partition coefficient (Wildman–Crippen LogP) is 2.85. The standard InChI is InChI=1S/C9H5Br2N3O2/c10-5-3-12-9(13-4-5)14-8(15)6-1-2-7(11)16-6/h1-4H,(H,12,13,14,15). The van der Waals surface area contributed by atoms with Gasteiger partial charge in [0.1, 0.15) is 0 Å². The summed E-state index contributed by atoms with van der Waals surface area (Å²) < 4.78 is 6.32. The van der Waals surface area contributed by atoms with Gasteiger partial charge in [0.2, 0.25) is 5.95 Å². The number of carbonyl (C=O) groups is 1. The summed E-state index contributed by atoms with van der Waals surface area (Å²) in [4.78, 5) is 19.4. The van der Waals surface area contributed by atoms with E-state index >= 15 is 0 Å². The summed E-state index contributed by atoms with van der Waals surface area (Å²) in [5.41, 5.74) is 0. The summed E-state index contributed by atoms with van der Waals surface area (Å²) in [6.07, 6.45) is 3.08. The van der Waals surface area contributed by atoms with Crippen molar-refractivity contribution in [2.45, 2.75) is 0 Å². The molecule has 2 aromatic rings. The van der Waals surface area contributed by atoms with Gasteiger partial charge in [0, 0.05) is 12.4 Å². The van der Waals surface area contributed by atoms with E-state index in [1.807, 2.05) is 0 Å². The number of furan rings is 1. The molecule has 0 saturated heterocycles. The summed E-state index contributed by atoms with van der Waals surface area (Å²) in [5.74, 6) is 0.0205. The van der Waals surface area contributed by atoms with E-state index in [1.165, 1.54) is 0 Å². The average Bonchev–Trinajstić information content (AvgIpc) is 2.68. The van der Waals surface area contributed by atoms with Crippen LogP contribution in [0, 0.1) is 0 Å². The van der Waals surface area contributed by atoms with Crippen LogP contribution in [0.3, 0.4) is 0 Å². The molecule has 0 atom stereocenters. The van der Waals surface area contributed by atoms with Crippen LogP contribution in [-0.4, -0.2) is 15.9 Å². The van der Waals surface area contributed by atoms with Crippen molar-refractivity contribution in [3.05, 3.63) is 39.4 Å². The van der Waals surface area contributed by atoms with Crippen molar-refractivity contribution < 1.29 is 9.21 Å². The fourth-order valence-electron chi connectivity index (χ4n) is 0.976. The van der Waals surface area contributed by atoms with Gasteiger partial charge >= 0.3 is 0 Å². The summed E-state index contributed by atoms with van der Waals surface area (Å²) in [6, 6.07) is 3.19. The van der Waals surface area contributed by atoms with Gasteiger partial charge in [-0.3, -0.25) is 10.1 Å². The minimum atomic E-state index is -0.395. The van der Waals surface area contributed by atoms with Crippen LogP contribution in [-0.2, 0) is 0 Å². The summed E-state index contributed by atoms with van der Waals surface area (Å²) >= 11 is 6.31. The van der Waals surface area contributed by atoms with Crippen LogP contribution in [0.15, 0.2) is 38.1 Å². The van der Waals surface area contributed by atoms with Gasteiger partial charge in [-0.05, 0) is 44.0 Å². The molecular formula is C9H5Br2N3O2. The maximum atomic E-state index is 11.6. The molecule has 0 bridgehead atoms. The van der Waals surface area contributed by atoms with Crippen molar-refractivity contribution in [1.29, 1.82) is 0 Å². The third kappa shape index (κ3) is 2.67. The van der Waals surface area contributed by atoms with E-state index in [0.29, 0.717) is 4.67 Å². The van der Waals surface area contributed by atoms with Crippen LogP contribution < -0.4 is 5.32 Å². The maximum absolute atomic E-state index is 11.6. The highest BCUT2D eigenvalue weighted by atomic mass is 79.9. The van der Waals surface area contributed by atoms with E-state index < -0.39 is 5.91 Å². The molecule has 0 aliphatic rings. The number of carbonyl (C=O) groups excluding carboxylic acids is 1. The zero-order valence-electron chi connectivity index (χ0n) is 7.78. The van der Waals surface area contributed by atoms with Crippen LogP contribution in [0.1, 0.15) is 10.6 Å². The summed E-state index contributed by atoms with van der Waals surface area (Å²) in [5, 5.41) is 2.50. The lowest BCUT2D eigenvalue weighted by Gasteiger charge is -2.00. The minimum Gasteiger partial charge on any atom is -0.444 e. The molecule has 0 saturated carbocycles. The Bertz CT molecular complexity index is 510. The lowest BCUT2D eigenvalue weighted by molar-refractivity contribution is 0.0994. The first kappa shape index (κ1) is 11.3. The Morgan fingerprint density at radius 3 is 2.50 bits per heavy atom. The van der Waals surface area contributed by atoms with Gasteiger partial charge < -0.3 is 4.42 Å².